The molecule has 0 unspecified atom stereocenters. The van der Waals surface area contributed by atoms with E-state index in [0.29, 0.717) is 0 Å². The Morgan fingerprint density at radius 1 is 1.40 bits per heavy atom. The number of nitriles is 1. The SMILES string of the molecule is N#Cc1ccc(Oc2nc(N)nc(Cl)n2)c([N+](=O)[O-])c1. The van der Waals surface area contributed by atoms with Crippen LogP contribution in [0, 0.1) is 21.4 Å². The van der Waals surface area contributed by atoms with Gasteiger partial charge in [0.1, 0.15) is 0 Å². The number of nitro groups is 1. The molecule has 2 rings (SSSR count). The molecule has 0 aliphatic heterocycles. The number of anilines is 1. The van der Waals surface area contributed by atoms with Crippen LogP contribution in [-0.2, 0) is 0 Å². The molecule has 0 aliphatic rings. The second kappa shape index (κ2) is 5.33. The average Bonchev–Trinajstić information content (AvgIpc) is 2.37. The van der Waals surface area contributed by atoms with Gasteiger partial charge in [-0.15, -0.1) is 0 Å². The monoisotopic (exact) mass is 292 g/mol. The van der Waals surface area contributed by atoms with Crippen LogP contribution in [0.1, 0.15) is 5.56 Å². The Morgan fingerprint density at radius 2 is 2.15 bits per heavy atom. The third-order valence-corrected chi connectivity index (χ3v) is 2.26. The number of nitrogens with two attached hydrogens (primary N) is 1. The molecule has 0 spiro atoms. The molecule has 1 aromatic heterocycles. The second-order valence-electron chi connectivity index (χ2n) is 3.40. The maximum absolute atomic E-state index is 10.9. The zero-order valence-electron chi connectivity index (χ0n) is 9.65. The van der Waals surface area contributed by atoms with Crippen LogP contribution in [0.2, 0.25) is 5.28 Å². The lowest BCUT2D eigenvalue weighted by Crippen LogP contribution is -2.01. The highest BCUT2D eigenvalue weighted by Crippen LogP contribution is 2.31. The predicted molar refractivity (Wildman–Crippen MR) is 67.1 cm³/mol. The third-order valence-electron chi connectivity index (χ3n) is 2.09. The van der Waals surface area contributed by atoms with Crippen molar-refractivity contribution in [2.75, 3.05) is 5.73 Å². The minimum Gasteiger partial charge on any atom is -0.417 e. The van der Waals surface area contributed by atoms with E-state index in [9.17, 15) is 10.1 Å². The molecule has 1 aromatic carbocycles. The number of aromatic nitrogens is 3. The van der Waals surface area contributed by atoms with Crippen LogP contribution in [0.3, 0.4) is 0 Å². The van der Waals surface area contributed by atoms with Crippen molar-refractivity contribution in [3.05, 3.63) is 39.2 Å². The minimum atomic E-state index is -0.692. The van der Waals surface area contributed by atoms with Crippen molar-refractivity contribution in [3.8, 4) is 17.8 Å². The lowest BCUT2D eigenvalue weighted by molar-refractivity contribution is -0.385. The van der Waals surface area contributed by atoms with Gasteiger partial charge in [0.25, 0.3) is 0 Å². The summed E-state index contributed by atoms with van der Waals surface area (Å²) in [5.74, 6) is -0.327. The quantitative estimate of drug-likeness (QED) is 0.665. The van der Waals surface area contributed by atoms with Crippen molar-refractivity contribution in [3.63, 3.8) is 0 Å². The van der Waals surface area contributed by atoms with Gasteiger partial charge in [-0.2, -0.15) is 20.2 Å². The lowest BCUT2D eigenvalue weighted by atomic mass is 10.2. The molecule has 2 N–H and O–H groups in total. The number of nitro benzene ring substituents is 1. The Labute approximate surface area is 116 Å². The normalized spacial score (nSPS) is 9.80. The maximum atomic E-state index is 10.9. The third kappa shape index (κ3) is 2.88. The van der Waals surface area contributed by atoms with Gasteiger partial charge in [-0.1, -0.05) is 0 Å². The molecule has 0 aliphatic carbocycles. The van der Waals surface area contributed by atoms with Gasteiger partial charge in [0.2, 0.25) is 17.0 Å². The van der Waals surface area contributed by atoms with Crippen molar-refractivity contribution in [1.82, 2.24) is 15.0 Å². The Kier molecular flexibility index (Phi) is 3.58. The molecule has 0 saturated heterocycles. The van der Waals surface area contributed by atoms with Crippen LogP contribution in [0.15, 0.2) is 18.2 Å². The fraction of sp³-hybridized carbons (Fsp3) is 0. The maximum Gasteiger partial charge on any atom is 0.328 e. The summed E-state index contributed by atoms with van der Waals surface area (Å²) in [5.41, 5.74) is 5.07. The molecule has 0 bridgehead atoms. The van der Waals surface area contributed by atoms with E-state index in [1.807, 2.05) is 0 Å². The largest absolute Gasteiger partial charge is 0.417 e. The topological polar surface area (TPSA) is 141 Å². The van der Waals surface area contributed by atoms with Crippen LogP contribution in [0.4, 0.5) is 11.6 Å². The standard InChI is InChI=1S/C10H5ClN6O3/c11-8-14-9(13)16-10(15-8)20-7-2-1-5(4-12)3-6(7)17(18)19/h1-3H,(H2,13,14,15,16). The zero-order chi connectivity index (χ0) is 14.7. The number of benzene rings is 1. The highest BCUT2D eigenvalue weighted by Gasteiger charge is 2.18. The zero-order valence-corrected chi connectivity index (χ0v) is 10.4. The highest BCUT2D eigenvalue weighted by atomic mass is 35.5. The van der Waals surface area contributed by atoms with Gasteiger partial charge in [0, 0.05) is 6.07 Å². The van der Waals surface area contributed by atoms with E-state index < -0.39 is 10.6 Å². The summed E-state index contributed by atoms with van der Waals surface area (Å²) in [5, 5.41) is 19.4. The van der Waals surface area contributed by atoms with E-state index in [4.69, 9.17) is 27.3 Å². The van der Waals surface area contributed by atoms with Crippen molar-refractivity contribution in [2.45, 2.75) is 0 Å². The molecule has 1 heterocycles. The first-order valence-corrected chi connectivity index (χ1v) is 5.41. The first kappa shape index (κ1) is 13.4. The molecule has 0 atom stereocenters. The first-order valence-electron chi connectivity index (χ1n) is 5.03. The van der Waals surface area contributed by atoms with E-state index in [-0.39, 0.29) is 28.6 Å². The van der Waals surface area contributed by atoms with Crippen molar-refractivity contribution < 1.29 is 9.66 Å². The van der Waals surface area contributed by atoms with E-state index in [0.717, 1.165) is 6.07 Å². The number of halogens is 1. The molecule has 10 heteroatoms. The Bertz CT molecular complexity index is 709. The van der Waals surface area contributed by atoms with Crippen molar-refractivity contribution in [1.29, 1.82) is 5.26 Å². The first-order chi connectivity index (χ1) is 9.49. The lowest BCUT2D eigenvalue weighted by Gasteiger charge is -2.05. The Balaban J connectivity index is 2.43. The Hall–Kier alpha value is -2.99. The fourth-order valence-corrected chi connectivity index (χ4v) is 1.47. The summed E-state index contributed by atoms with van der Waals surface area (Å²) in [4.78, 5) is 21.0. The molecule has 0 radical (unpaired) electrons. The van der Waals surface area contributed by atoms with Gasteiger partial charge in [-0.25, -0.2) is 0 Å². The number of nitrogens with zero attached hydrogens (tertiary/aromatic N) is 5. The van der Waals surface area contributed by atoms with E-state index >= 15 is 0 Å². The number of ether oxygens (including phenoxy) is 1. The van der Waals surface area contributed by atoms with Gasteiger partial charge >= 0.3 is 11.7 Å². The number of nitrogen functional groups attached to an aromatic ring is 1. The van der Waals surface area contributed by atoms with Gasteiger partial charge in [-0.3, -0.25) is 10.1 Å². The molecular weight excluding hydrogens is 288 g/mol. The second-order valence-corrected chi connectivity index (χ2v) is 3.74. The molecule has 20 heavy (non-hydrogen) atoms. The van der Waals surface area contributed by atoms with Crippen molar-refractivity contribution >= 4 is 23.2 Å². The van der Waals surface area contributed by atoms with Gasteiger partial charge < -0.3 is 10.5 Å². The summed E-state index contributed by atoms with van der Waals surface area (Å²) < 4.78 is 5.15. The Morgan fingerprint density at radius 3 is 2.75 bits per heavy atom. The van der Waals surface area contributed by atoms with Gasteiger partial charge in [0.05, 0.1) is 16.6 Å². The molecule has 9 nitrogen and oxygen atoms in total. The minimum absolute atomic E-state index is 0.122. The summed E-state index contributed by atoms with van der Waals surface area (Å²) in [6.45, 7) is 0. The summed E-state index contributed by atoms with van der Waals surface area (Å²) in [7, 11) is 0. The van der Waals surface area contributed by atoms with Crippen LogP contribution < -0.4 is 10.5 Å². The number of hydrogen-bond acceptors (Lipinski definition) is 8. The number of hydrogen-bond donors (Lipinski definition) is 1. The molecule has 2 aromatic rings. The molecule has 0 amide bonds. The molecule has 0 saturated carbocycles. The van der Waals surface area contributed by atoms with Crippen LogP contribution in [0.25, 0.3) is 0 Å². The smallest absolute Gasteiger partial charge is 0.328 e. The highest BCUT2D eigenvalue weighted by molar-refractivity contribution is 6.28. The van der Waals surface area contributed by atoms with E-state index in [1.165, 1.54) is 12.1 Å². The predicted octanol–water partition coefficient (Wildman–Crippen LogP) is 1.68. The molecule has 0 fully saturated rings. The van der Waals surface area contributed by atoms with Gasteiger partial charge in [0.15, 0.2) is 0 Å². The summed E-state index contributed by atoms with van der Waals surface area (Å²) in [6, 6.07) is 5.19. The fourth-order valence-electron chi connectivity index (χ4n) is 1.31. The summed E-state index contributed by atoms with van der Waals surface area (Å²) in [6.07, 6.45) is 0. The summed E-state index contributed by atoms with van der Waals surface area (Å²) >= 11 is 5.57. The van der Waals surface area contributed by atoms with Crippen LogP contribution in [0.5, 0.6) is 11.8 Å². The van der Waals surface area contributed by atoms with E-state index in [1.54, 1.807) is 6.07 Å². The van der Waals surface area contributed by atoms with Crippen molar-refractivity contribution in [2.24, 2.45) is 0 Å². The molecule has 100 valence electrons. The van der Waals surface area contributed by atoms with E-state index in [2.05, 4.69) is 15.0 Å². The average molecular weight is 293 g/mol. The number of rotatable bonds is 3. The molecular formula is C10H5ClN6O3. The van der Waals surface area contributed by atoms with Gasteiger partial charge in [-0.05, 0) is 23.7 Å². The van der Waals surface area contributed by atoms with Crippen LogP contribution >= 0.6 is 11.6 Å². The van der Waals surface area contributed by atoms with Crippen LogP contribution in [-0.4, -0.2) is 19.9 Å².